The lowest BCUT2D eigenvalue weighted by atomic mass is 10.1. The summed E-state index contributed by atoms with van der Waals surface area (Å²) in [6.45, 7) is 3.37. The van der Waals surface area contributed by atoms with E-state index in [9.17, 15) is 9.59 Å². The van der Waals surface area contributed by atoms with E-state index in [1.165, 1.54) is 10.9 Å². The van der Waals surface area contributed by atoms with Gasteiger partial charge in [0.1, 0.15) is 0 Å². The van der Waals surface area contributed by atoms with Crippen LogP contribution in [0.15, 0.2) is 54.7 Å². The smallest absolute Gasteiger partial charge is 0.251 e. The standard InChI is InChI=1S/C23H27N3O2/c1-2-3-6-14-24-22(27)17-9-11-18(12-10-17)23(28)25-15-13-19-16-26-21-8-5-4-7-20(19)21/h4-5,7-12,16,26H,2-3,6,13-15H2,1H3,(H,24,27)(H,25,28). The van der Waals surface area contributed by atoms with Crippen molar-refractivity contribution in [3.63, 3.8) is 0 Å². The Morgan fingerprint density at radius 1 is 0.857 bits per heavy atom. The Balaban J connectivity index is 1.48. The van der Waals surface area contributed by atoms with Gasteiger partial charge < -0.3 is 15.6 Å². The number of hydrogen-bond acceptors (Lipinski definition) is 2. The van der Waals surface area contributed by atoms with Gasteiger partial charge in [-0.3, -0.25) is 9.59 Å². The summed E-state index contributed by atoms with van der Waals surface area (Å²) in [5.74, 6) is -0.225. The molecular weight excluding hydrogens is 350 g/mol. The van der Waals surface area contributed by atoms with Gasteiger partial charge in [-0.2, -0.15) is 0 Å². The van der Waals surface area contributed by atoms with Crippen LogP contribution in [0.1, 0.15) is 52.5 Å². The normalized spacial score (nSPS) is 10.8. The highest BCUT2D eigenvalue weighted by molar-refractivity contribution is 5.97. The van der Waals surface area contributed by atoms with Crippen molar-refractivity contribution in [2.75, 3.05) is 13.1 Å². The SMILES string of the molecule is CCCCCNC(=O)c1ccc(C(=O)NCCc2c[nH]c3ccccc23)cc1. The molecule has 3 rings (SSSR count). The molecule has 0 unspecified atom stereocenters. The molecule has 1 heterocycles. The van der Waals surface area contributed by atoms with Crippen molar-refractivity contribution in [1.82, 2.24) is 15.6 Å². The van der Waals surface area contributed by atoms with Crippen molar-refractivity contribution >= 4 is 22.7 Å². The van der Waals surface area contributed by atoms with Crippen LogP contribution in [0, 0.1) is 0 Å². The van der Waals surface area contributed by atoms with E-state index in [0.29, 0.717) is 24.2 Å². The summed E-state index contributed by atoms with van der Waals surface area (Å²) in [5.41, 5.74) is 3.42. The maximum Gasteiger partial charge on any atom is 0.251 e. The molecule has 1 aromatic heterocycles. The fourth-order valence-electron chi connectivity index (χ4n) is 3.20. The van der Waals surface area contributed by atoms with Gasteiger partial charge in [-0.15, -0.1) is 0 Å². The average Bonchev–Trinajstić information content (AvgIpc) is 3.14. The van der Waals surface area contributed by atoms with Gasteiger partial charge in [0.05, 0.1) is 0 Å². The molecule has 3 aromatic rings. The lowest BCUT2D eigenvalue weighted by molar-refractivity contribution is 0.0941. The van der Waals surface area contributed by atoms with Crippen molar-refractivity contribution in [1.29, 1.82) is 0 Å². The van der Waals surface area contributed by atoms with Crippen molar-refractivity contribution in [2.45, 2.75) is 32.6 Å². The van der Waals surface area contributed by atoms with Crippen LogP contribution >= 0.6 is 0 Å². The van der Waals surface area contributed by atoms with Gasteiger partial charge in [-0.25, -0.2) is 0 Å². The third-order valence-electron chi connectivity index (χ3n) is 4.83. The van der Waals surface area contributed by atoms with Gasteiger partial charge >= 0.3 is 0 Å². The van der Waals surface area contributed by atoms with Crippen LogP contribution in [-0.2, 0) is 6.42 Å². The Morgan fingerprint density at radius 3 is 2.18 bits per heavy atom. The zero-order valence-electron chi connectivity index (χ0n) is 16.3. The van der Waals surface area contributed by atoms with Crippen molar-refractivity contribution in [3.8, 4) is 0 Å². The Bertz CT molecular complexity index is 928. The largest absolute Gasteiger partial charge is 0.361 e. The third-order valence-corrected chi connectivity index (χ3v) is 4.83. The fraction of sp³-hybridized carbons (Fsp3) is 0.304. The van der Waals surface area contributed by atoms with Gasteiger partial charge in [0.15, 0.2) is 0 Å². The number of para-hydroxylation sites is 1. The van der Waals surface area contributed by atoms with Gasteiger partial charge in [0.2, 0.25) is 0 Å². The summed E-state index contributed by atoms with van der Waals surface area (Å²) in [6, 6.07) is 14.9. The van der Waals surface area contributed by atoms with Gasteiger partial charge in [-0.05, 0) is 48.7 Å². The first-order valence-electron chi connectivity index (χ1n) is 9.90. The maximum atomic E-state index is 12.3. The first-order valence-corrected chi connectivity index (χ1v) is 9.90. The number of carbonyl (C=O) groups is 2. The summed E-state index contributed by atoms with van der Waals surface area (Å²) in [6.07, 6.45) is 5.97. The Labute approximate surface area is 165 Å². The van der Waals surface area contributed by atoms with Crippen LogP contribution in [0.5, 0.6) is 0 Å². The summed E-state index contributed by atoms with van der Waals surface area (Å²) >= 11 is 0. The molecule has 5 nitrogen and oxygen atoms in total. The molecule has 0 radical (unpaired) electrons. The molecular formula is C23H27N3O2. The average molecular weight is 377 g/mol. The fourth-order valence-corrected chi connectivity index (χ4v) is 3.20. The summed E-state index contributed by atoms with van der Waals surface area (Å²) in [5, 5.41) is 7.04. The molecule has 0 atom stereocenters. The number of aromatic amines is 1. The minimum atomic E-state index is -0.130. The Kier molecular flexibility index (Phi) is 6.84. The second-order valence-electron chi connectivity index (χ2n) is 6.91. The highest BCUT2D eigenvalue weighted by Gasteiger charge is 2.09. The number of benzene rings is 2. The van der Waals surface area contributed by atoms with E-state index >= 15 is 0 Å². The van der Waals surface area contributed by atoms with Crippen molar-refractivity contribution < 1.29 is 9.59 Å². The van der Waals surface area contributed by atoms with Crippen LogP contribution in [0.3, 0.4) is 0 Å². The van der Waals surface area contributed by atoms with E-state index in [0.717, 1.165) is 31.2 Å². The van der Waals surface area contributed by atoms with Crippen LogP contribution in [0.4, 0.5) is 0 Å². The Morgan fingerprint density at radius 2 is 1.50 bits per heavy atom. The minimum Gasteiger partial charge on any atom is -0.361 e. The van der Waals surface area contributed by atoms with Crippen molar-refractivity contribution in [2.24, 2.45) is 0 Å². The first kappa shape index (κ1) is 19.7. The number of rotatable bonds is 9. The molecule has 28 heavy (non-hydrogen) atoms. The summed E-state index contributed by atoms with van der Waals surface area (Å²) in [7, 11) is 0. The van der Waals surface area contributed by atoms with E-state index in [2.05, 4.69) is 28.6 Å². The molecule has 2 amide bonds. The molecule has 0 saturated carbocycles. The van der Waals surface area contributed by atoms with Gasteiger partial charge in [0, 0.05) is 41.3 Å². The third kappa shape index (κ3) is 5.00. The summed E-state index contributed by atoms with van der Waals surface area (Å²) in [4.78, 5) is 27.7. The number of aromatic nitrogens is 1. The monoisotopic (exact) mass is 377 g/mol. The van der Waals surface area contributed by atoms with E-state index in [4.69, 9.17) is 0 Å². The van der Waals surface area contributed by atoms with E-state index in [1.54, 1.807) is 24.3 Å². The number of nitrogens with one attached hydrogen (secondary N) is 3. The van der Waals surface area contributed by atoms with E-state index < -0.39 is 0 Å². The van der Waals surface area contributed by atoms with Gasteiger partial charge in [0.25, 0.3) is 11.8 Å². The van der Waals surface area contributed by atoms with Crippen molar-refractivity contribution in [3.05, 3.63) is 71.4 Å². The maximum absolute atomic E-state index is 12.3. The molecule has 2 aromatic carbocycles. The predicted molar refractivity (Wildman–Crippen MR) is 113 cm³/mol. The quantitative estimate of drug-likeness (QED) is 0.492. The molecule has 0 aliphatic heterocycles. The zero-order chi connectivity index (χ0) is 19.8. The number of carbonyl (C=O) groups excluding carboxylic acids is 2. The first-order chi connectivity index (χ1) is 13.7. The molecule has 146 valence electrons. The molecule has 0 aliphatic rings. The molecule has 5 heteroatoms. The lowest BCUT2D eigenvalue weighted by Gasteiger charge is -2.07. The Hall–Kier alpha value is -3.08. The van der Waals surface area contributed by atoms with Gasteiger partial charge in [-0.1, -0.05) is 38.0 Å². The topological polar surface area (TPSA) is 74.0 Å². The molecule has 0 aliphatic carbocycles. The predicted octanol–water partition coefficient (Wildman–Crippen LogP) is 4.06. The highest BCUT2D eigenvalue weighted by Crippen LogP contribution is 2.17. The highest BCUT2D eigenvalue weighted by atomic mass is 16.2. The summed E-state index contributed by atoms with van der Waals surface area (Å²) < 4.78 is 0. The van der Waals surface area contributed by atoms with Crippen LogP contribution < -0.4 is 10.6 Å². The number of unbranched alkanes of at least 4 members (excludes halogenated alkanes) is 2. The van der Waals surface area contributed by atoms with E-state index in [-0.39, 0.29) is 11.8 Å². The lowest BCUT2D eigenvalue weighted by Crippen LogP contribution is -2.26. The number of amides is 2. The second-order valence-corrected chi connectivity index (χ2v) is 6.91. The molecule has 0 bridgehead atoms. The zero-order valence-corrected chi connectivity index (χ0v) is 16.3. The van der Waals surface area contributed by atoms with Crippen LogP contribution in [0.2, 0.25) is 0 Å². The van der Waals surface area contributed by atoms with Crippen LogP contribution in [0.25, 0.3) is 10.9 Å². The molecule has 3 N–H and O–H groups in total. The van der Waals surface area contributed by atoms with Crippen LogP contribution in [-0.4, -0.2) is 29.9 Å². The number of fused-ring (bicyclic) bond motifs is 1. The number of hydrogen-bond donors (Lipinski definition) is 3. The second kappa shape index (κ2) is 9.74. The molecule has 0 fully saturated rings. The molecule has 0 saturated heterocycles. The molecule has 0 spiro atoms. The minimum absolute atomic E-state index is 0.0950. The number of H-pyrrole nitrogens is 1. The van der Waals surface area contributed by atoms with E-state index in [1.807, 2.05) is 24.4 Å².